The Morgan fingerprint density at radius 3 is 1.63 bits per heavy atom. The summed E-state index contributed by atoms with van der Waals surface area (Å²) in [4.78, 5) is 31.6. The number of carbonyl (C=O) groups excluding carboxylic acids is 2. The van der Waals surface area contributed by atoms with Crippen LogP contribution in [0.3, 0.4) is 0 Å². The zero-order valence-corrected chi connectivity index (χ0v) is 33.8. The Bertz CT molecular complexity index is 2170. The molecule has 4 aromatic heterocycles. The number of hydrogen-bond donors (Lipinski definition) is 5. The largest absolute Gasteiger partial charge is 0.395 e. The molecule has 0 radical (unpaired) electrons. The summed E-state index contributed by atoms with van der Waals surface area (Å²) in [6.45, 7) is 6.96. The molecule has 6 rings (SSSR count). The first-order valence-corrected chi connectivity index (χ1v) is 19.2. The molecule has 4 heterocycles. The number of nitrogens with one attached hydrogen (secondary N) is 2. The number of aliphatic hydroxyl groups excluding tert-OH is 2. The lowest BCUT2D eigenvalue weighted by Gasteiger charge is -2.08. The van der Waals surface area contributed by atoms with E-state index in [2.05, 4.69) is 30.8 Å². The fraction of sp³-hybridized carbons (Fsp3) is 0.286. The number of benzene rings is 2. The second-order valence-corrected chi connectivity index (χ2v) is 13.9. The van der Waals surface area contributed by atoms with Gasteiger partial charge in [-0.15, -0.1) is 0 Å². The number of ketones is 2. The second-order valence-electron chi connectivity index (χ2n) is 13.0. The minimum atomic E-state index is 0.0488. The summed E-state index contributed by atoms with van der Waals surface area (Å²) >= 11 is 12.0. The molecule has 0 amide bonds. The van der Waals surface area contributed by atoms with Crippen molar-refractivity contribution in [3.63, 3.8) is 0 Å². The Hall–Kier alpha value is -5.44. The van der Waals surface area contributed by atoms with Crippen LogP contribution < -0.4 is 16.4 Å². The van der Waals surface area contributed by atoms with Crippen LogP contribution in [0.5, 0.6) is 0 Å². The molecule has 0 fully saturated rings. The van der Waals surface area contributed by atoms with Crippen LogP contribution >= 0.6 is 23.2 Å². The average molecular weight is 815 g/mol. The van der Waals surface area contributed by atoms with E-state index < -0.39 is 0 Å². The van der Waals surface area contributed by atoms with Crippen molar-refractivity contribution in [1.82, 2.24) is 29.5 Å². The molecule has 0 bridgehead atoms. The molecule has 15 heteroatoms. The SMILES string of the molecule is CC(=O)Cc1ccc(NCCO)nc1.Cc1cc(CCC(=O)Cc2ccc(NCCO)nc2)n(-c2cccc(Cl)c2)n1.Cc1cc(CN)n(-c2cccc(Cl)c2)n1. The summed E-state index contributed by atoms with van der Waals surface area (Å²) < 4.78 is 3.67. The number of rotatable bonds is 16. The van der Waals surface area contributed by atoms with Crippen LogP contribution in [-0.4, -0.2) is 77.6 Å². The molecule has 0 saturated carbocycles. The first kappa shape index (κ1) is 44.3. The van der Waals surface area contributed by atoms with Crippen molar-refractivity contribution < 1.29 is 19.8 Å². The van der Waals surface area contributed by atoms with Gasteiger partial charge < -0.3 is 26.6 Å². The predicted molar refractivity (Wildman–Crippen MR) is 226 cm³/mol. The predicted octanol–water partition coefficient (Wildman–Crippen LogP) is 6.29. The number of pyridine rings is 2. The number of aryl methyl sites for hydroxylation is 3. The summed E-state index contributed by atoms with van der Waals surface area (Å²) in [5.74, 6) is 1.68. The van der Waals surface area contributed by atoms with Gasteiger partial charge in [0.1, 0.15) is 23.2 Å². The summed E-state index contributed by atoms with van der Waals surface area (Å²) in [5.41, 5.74) is 13.1. The number of aromatic nitrogens is 6. The number of Topliss-reactive ketones (excluding diaryl/α,β-unsaturated/α-hetero) is 2. The molecular formula is C42H49Cl2N9O4. The van der Waals surface area contributed by atoms with E-state index in [1.165, 1.54) is 0 Å². The van der Waals surface area contributed by atoms with Gasteiger partial charge >= 0.3 is 0 Å². The molecule has 0 spiro atoms. The molecule has 2 aromatic carbocycles. The Morgan fingerprint density at radius 1 is 0.702 bits per heavy atom. The molecule has 300 valence electrons. The number of aliphatic hydroxyl groups is 2. The smallest absolute Gasteiger partial charge is 0.137 e. The van der Waals surface area contributed by atoms with Crippen LogP contribution in [0.4, 0.5) is 11.6 Å². The molecule has 0 aliphatic rings. The number of hydrogen-bond acceptors (Lipinski definition) is 11. The molecule has 57 heavy (non-hydrogen) atoms. The van der Waals surface area contributed by atoms with Crippen LogP contribution in [-0.2, 0) is 35.4 Å². The maximum Gasteiger partial charge on any atom is 0.137 e. The lowest BCUT2D eigenvalue weighted by Crippen LogP contribution is -2.09. The van der Waals surface area contributed by atoms with Gasteiger partial charge in [-0.3, -0.25) is 9.59 Å². The minimum absolute atomic E-state index is 0.0488. The van der Waals surface area contributed by atoms with E-state index in [4.69, 9.17) is 39.1 Å². The fourth-order valence-electron chi connectivity index (χ4n) is 5.60. The standard InChI is InChI=1S/C21H23ClN4O2.C11H12ClN3.C10H14N2O2/c1-15-11-19(26(25-15)18-4-2-3-17(22)13-18)6-7-20(28)12-16-5-8-21(24-14-16)23-9-10-27;1-8-5-11(7-13)15(14-8)10-4-2-3-9(12)6-10;1-8(14)6-9-2-3-10(12-7-9)11-4-5-13/h2-5,8,11,13-14,27H,6-7,9-10,12H2,1H3,(H,23,24);2-6H,7,13H2,1H3;2-3,7,13H,4-6H2,1H3,(H,11,12). The number of carbonyl (C=O) groups is 2. The highest BCUT2D eigenvalue weighted by atomic mass is 35.5. The maximum atomic E-state index is 12.4. The van der Waals surface area contributed by atoms with E-state index in [0.29, 0.717) is 67.0 Å². The van der Waals surface area contributed by atoms with Gasteiger partial charge in [0.05, 0.1) is 41.7 Å². The van der Waals surface area contributed by atoms with Crippen LogP contribution in [0.25, 0.3) is 11.4 Å². The summed E-state index contributed by atoms with van der Waals surface area (Å²) in [6.07, 6.45) is 5.16. The van der Waals surface area contributed by atoms with Crippen molar-refractivity contribution in [2.45, 2.75) is 53.0 Å². The lowest BCUT2D eigenvalue weighted by molar-refractivity contribution is -0.118. The van der Waals surface area contributed by atoms with Crippen LogP contribution in [0.1, 0.15) is 47.2 Å². The van der Waals surface area contributed by atoms with Crippen LogP contribution in [0, 0.1) is 13.8 Å². The van der Waals surface area contributed by atoms with Crippen LogP contribution in [0.15, 0.2) is 97.3 Å². The van der Waals surface area contributed by atoms with Gasteiger partial charge in [-0.1, -0.05) is 47.5 Å². The van der Waals surface area contributed by atoms with Crippen molar-refractivity contribution in [2.24, 2.45) is 5.73 Å². The third-order valence-electron chi connectivity index (χ3n) is 8.12. The van der Waals surface area contributed by atoms with E-state index in [1.807, 2.05) is 102 Å². The molecule has 13 nitrogen and oxygen atoms in total. The van der Waals surface area contributed by atoms with Crippen molar-refractivity contribution in [3.8, 4) is 11.4 Å². The lowest BCUT2D eigenvalue weighted by atomic mass is 10.1. The van der Waals surface area contributed by atoms with Crippen molar-refractivity contribution >= 4 is 46.4 Å². The summed E-state index contributed by atoms with van der Waals surface area (Å²) in [5, 5.41) is 33.5. The third kappa shape index (κ3) is 14.9. The zero-order chi connectivity index (χ0) is 41.2. The molecule has 0 saturated heterocycles. The molecule has 0 unspecified atom stereocenters. The Kier molecular flexibility index (Phi) is 17.8. The molecule has 6 N–H and O–H groups in total. The maximum absolute atomic E-state index is 12.4. The molecule has 6 aromatic rings. The van der Waals surface area contributed by atoms with Crippen molar-refractivity contribution in [2.75, 3.05) is 36.9 Å². The minimum Gasteiger partial charge on any atom is -0.395 e. The number of halogens is 2. The molecule has 0 atom stereocenters. The van der Waals surface area contributed by atoms with E-state index in [0.717, 1.165) is 45.3 Å². The van der Waals surface area contributed by atoms with Gasteiger partial charge in [-0.05, 0) is 99.0 Å². The van der Waals surface area contributed by atoms with Gasteiger partial charge in [0, 0.05) is 67.0 Å². The number of nitrogens with two attached hydrogens (primary N) is 1. The van der Waals surface area contributed by atoms with Gasteiger partial charge in [0.2, 0.25) is 0 Å². The molecule has 0 aliphatic carbocycles. The average Bonchev–Trinajstić information content (AvgIpc) is 3.78. The van der Waals surface area contributed by atoms with Gasteiger partial charge in [-0.2, -0.15) is 10.2 Å². The highest BCUT2D eigenvalue weighted by Crippen LogP contribution is 2.19. The normalized spacial score (nSPS) is 10.5. The first-order valence-electron chi connectivity index (χ1n) is 18.4. The van der Waals surface area contributed by atoms with E-state index in [-0.39, 0.29) is 24.8 Å². The van der Waals surface area contributed by atoms with Crippen LogP contribution in [0.2, 0.25) is 10.0 Å². The van der Waals surface area contributed by atoms with Gasteiger partial charge in [0.15, 0.2) is 0 Å². The first-order chi connectivity index (χ1) is 27.5. The van der Waals surface area contributed by atoms with Gasteiger partial charge in [0.25, 0.3) is 0 Å². The Labute approximate surface area is 342 Å². The highest BCUT2D eigenvalue weighted by molar-refractivity contribution is 6.31. The number of anilines is 2. The second kappa shape index (κ2) is 23.0. The number of nitrogens with zero attached hydrogens (tertiary/aromatic N) is 6. The molecular weight excluding hydrogens is 765 g/mol. The van der Waals surface area contributed by atoms with Crippen molar-refractivity contribution in [3.05, 3.63) is 141 Å². The summed E-state index contributed by atoms with van der Waals surface area (Å²) in [6, 6.07) is 26.4. The van der Waals surface area contributed by atoms with Gasteiger partial charge in [-0.25, -0.2) is 19.3 Å². The highest BCUT2D eigenvalue weighted by Gasteiger charge is 2.12. The Balaban J connectivity index is 0.000000209. The fourth-order valence-corrected chi connectivity index (χ4v) is 5.97. The zero-order valence-electron chi connectivity index (χ0n) is 32.3. The quantitative estimate of drug-likeness (QED) is 0.0740. The van der Waals surface area contributed by atoms with E-state index in [1.54, 1.807) is 25.4 Å². The Morgan fingerprint density at radius 2 is 1.19 bits per heavy atom. The molecule has 0 aliphatic heterocycles. The third-order valence-corrected chi connectivity index (χ3v) is 8.60. The van der Waals surface area contributed by atoms with Crippen molar-refractivity contribution in [1.29, 1.82) is 0 Å². The van der Waals surface area contributed by atoms with E-state index in [9.17, 15) is 9.59 Å². The summed E-state index contributed by atoms with van der Waals surface area (Å²) in [7, 11) is 0. The monoisotopic (exact) mass is 813 g/mol. The van der Waals surface area contributed by atoms with E-state index >= 15 is 0 Å². The topological polar surface area (TPSA) is 186 Å².